The summed E-state index contributed by atoms with van der Waals surface area (Å²) >= 11 is 0. The van der Waals surface area contributed by atoms with Gasteiger partial charge in [-0.2, -0.15) is 0 Å². The average Bonchev–Trinajstić information content (AvgIpc) is 2.36. The van der Waals surface area contributed by atoms with E-state index >= 15 is 0 Å². The molecule has 1 heterocycles. The maximum absolute atomic E-state index is 11.3. The zero-order chi connectivity index (χ0) is 12.3. The van der Waals surface area contributed by atoms with E-state index in [2.05, 4.69) is 15.6 Å². The van der Waals surface area contributed by atoms with Crippen LogP contribution in [-0.2, 0) is 16.1 Å². The standard InChI is InChI=1S/C12H19N3O2/c1-17-8-7-15-12(16)4-6-14-10-11-3-2-5-13-9-11/h2-3,5,9,14H,4,6-8,10H2,1H3,(H,15,16). The summed E-state index contributed by atoms with van der Waals surface area (Å²) in [4.78, 5) is 15.3. The molecule has 0 fully saturated rings. The second kappa shape index (κ2) is 8.66. The van der Waals surface area contributed by atoms with Crippen molar-refractivity contribution in [2.24, 2.45) is 0 Å². The first-order valence-corrected chi connectivity index (χ1v) is 5.68. The van der Waals surface area contributed by atoms with Crippen molar-refractivity contribution in [1.29, 1.82) is 0 Å². The monoisotopic (exact) mass is 237 g/mol. The fourth-order valence-corrected chi connectivity index (χ4v) is 1.32. The number of carbonyl (C=O) groups is 1. The highest BCUT2D eigenvalue weighted by molar-refractivity contribution is 5.75. The first kappa shape index (κ1) is 13.6. The maximum Gasteiger partial charge on any atom is 0.221 e. The van der Waals surface area contributed by atoms with E-state index in [0.717, 1.165) is 12.1 Å². The Bertz CT molecular complexity index is 317. The number of nitrogens with zero attached hydrogens (tertiary/aromatic N) is 1. The lowest BCUT2D eigenvalue weighted by molar-refractivity contribution is -0.121. The highest BCUT2D eigenvalue weighted by Crippen LogP contribution is 1.93. The Morgan fingerprint density at radius 3 is 3.06 bits per heavy atom. The molecule has 0 radical (unpaired) electrons. The summed E-state index contributed by atoms with van der Waals surface area (Å²) < 4.78 is 4.84. The van der Waals surface area contributed by atoms with Crippen LogP contribution in [0.25, 0.3) is 0 Å². The van der Waals surface area contributed by atoms with E-state index in [-0.39, 0.29) is 5.91 Å². The second-order valence-electron chi connectivity index (χ2n) is 3.63. The van der Waals surface area contributed by atoms with Crippen molar-refractivity contribution < 1.29 is 9.53 Å². The minimum atomic E-state index is 0.0423. The lowest BCUT2D eigenvalue weighted by atomic mass is 10.3. The molecular formula is C12H19N3O2. The number of ether oxygens (including phenoxy) is 1. The van der Waals surface area contributed by atoms with Gasteiger partial charge in [0.2, 0.25) is 5.91 Å². The van der Waals surface area contributed by atoms with Gasteiger partial charge in [-0.25, -0.2) is 0 Å². The number of hydrogen-bond donors (Lipinski definition) is 2. The summed E-state index contributed by atoms with van der Waals surface area (Å²) in [5, 5.41) is 5.96. The molecule has 0 spiro atoms. The van der Waals surface area contributed by atoms with Gasteiger partial charge in [-0.3, -0.25) is 9.78 Å². The van der Waals surface area contributed by atoms with Gasteiger partial charge in [0.1, 0.15) is 0 Å². The Morgan fingerprint density at radius 2 is 2.35 bits per heavy atom. The number of pyridine rings is 1. The molecule has 5 nitrogen and oxygen atoms in total. The normalized spacial score (nSPS) is 10.2. The highest BCUT2D eigenvalue weighted by atomic mass is 16.5. The maximum atomic E-state index is 11.3. The Kier molecular flexibility index (Phi) is 6.93. The van der Waals surface area contributed by atoms with Crippen LogP contribution in [0.4, 0.5) is 0 Å². The van der Waals surface area contributed by atoms with Gasteiger partial charge >= 0.3 is 0 Å². The number of rotatable bonds is 8. The topological polar surface area (TPSA) is 63.2 Å². The highest BCUT2D eigenvalue weighted by Gasteiger charge is 1.99. The van der Waals surface area contributed by atoms with Crippen molar-refractivity contribution in [2.45, 2.75) is 13.0 Å². The van der Waals surface area contributed by atoms with Gasteiger partial charge in [0, 0.05) is 45.6 Å². The van der Waals surface area contributed by atoms with Crippen LogP contribution < -0.4 is 10.6 Å². The first-order chi connectivity index (χ1) is 8.33. The molecule has 0 aromatic carbocycles. The van der Waals surface area contributed by atoms with E-state index in [1.807, 2.05) is 18.3 Å². The predicted molar refractivity (Wildman–Crippen MR) is 65.4 cm³/mol. The largest absolute Gasteiger partial charge is 0.383 e. The Labute approximate surface area is 102 Å². The third kappa shape index (κ3) is 6.65. The van der Waals surface area contributed by atoms with Gasteiger partial charge in [-0.1, -0.05) is 6.07 Å². The van der Waals surface area contributed by atoms with Gasteiger partial charge < -0.3 is 15.4 Å². The number of methoxy groups -OCH3 is 1. The average molecular weight is 237 g/mol. The Balaban J connectivity index is 2.02. The third-order valence-electron chi connectivity index (χ3n) is 2.21. The molecule has 0 aliphatic carbocycles. The minimum absolute atomic E-state index is 0.0423. The zero-order valence-corrected chi connectivity index (χ0v) is 10.1. The second-order valence-corrected chi connectivity index (χ2v) is 3.63. The van der Waals surface area contributed by atoms with Gasteiger partial charge in [0.25, 0.3) is 0 Å². The van der Waals surface area contributed by atoms with E-state index in [0.29, 0.717) is 26.1 Å². The van der Waals surface area contributed by atoms with Gasteiger partial charge in [-0.15, -0.1) is 0 Å². The number of amides is 1. The van der Waals surface area contributed by atoms with Gasteiger partial charge in [-0.05, 0) is 11.6 Å². The molecule has 5 heteroatoms. The molecule has 0 bridgehead atoms. The van der Waals surface area contributed by atoms with Crippen molar-refractivity contribution >= 4 is 5.91 Å². The summed E-state index contributed by atoms with van der Waals surface area (Å²) in [5.74, 6) is 0.0423. The van der Waals surface area contributed by atoms with Crippen LogP contribution >= 0.6 is 0 Å². The van der Waals surface area contributed by atoms with Crippen LogP contribution in [0.3, 0.4) is 0 Å². The fourth-order valence-electron chi connectivity index (χ4n) is 1.32. The van der Waals surface area contributed by atoms with Gasteiger partial charge in [0.05, 0.1) is 6.61 Å². The van der Waals surface area contributed by atoms with E-state index in [1.165, 1.54) is 0 Å². The molecule has 0 aliphatic heterocycles. The van der Waals surface area contributed by atoms with Crippen LogP contribution in [-0.4, -0.2) is 37.7 Å². The lowest BCUT2D eigenvalue weighted by Crippen LogP contribution is -2.29. The molecule has 1 amide bonds. The molecular weight excluding hydrogens is 218 g/mol. The van der Waals surface area contributed by atoms with Gasteiger partial charge in [0.15, 0.2) is 0 Å². The van der Waals surface area contributed by atoms with Crippen LogP contribution in [0.15, 0.2) is 24.5 Å². The summed E-state index contributed by atoms with van der Waals surface area (Å²) in [6.07, 6.45) is 4.03. The zero-order valence-electron chi connectivity index (χ0n) is 10.1. The van der Waals surface area contributed by atoms with E-state index in [9.17, 15) is 4.79 Å². The molecule has 0 aliphatic rings. The quantitative estimate of drug-likeness (QED) is 0.639. The summed E-state index contributed by atoms with van der Waals surface area (Å²) in [6, 6.07) is 3.90. The number of nitrogens with one attached hydrogen (secondary N) is 2. The molecule has 0 saturated heterocycles. The van der Waals surface area contributed by atoms with E-state index < -0.39 is 0 Å². The van der Waals surface area contributed by atoms with Crippen LogP contribution in [0.5, 0.6) is 0 Å². The van der Waals surface area contributed by atoms with Crippen molar-refractivity contribution in [3.8, 4) is 0 Å². The van der Waals surface area contributed by atoms with Crippen LogP contribution in [0.2, 0.25) is 0 Å². The third-order valence-corrected chi connectivity index (χ3v) is 2.21. The number of aromatic nitrogens is 1. The predicted octanol–water partition coefficient (Wildman–Crippen LogP) is 0.324. The molecule has 94 valence electrons. The Morgan fingerprint density at radius 1 is 1.47 bits per heavy atom. The molecule has 1 rings (SSSR count). The van der Waals surface area contributed by atoms with Crippen molar-refractivity contribution in [3.05, 3.63) is 30.1 Å². The molecule has 0 saturated carbocycles. The summed E-state index contributed by atoms with van der Waals surface area (Å²) in [6.45, 7) is 2.51. The molecule has 1 aromatic heterocycles. The number of carbonyl (C=O) groups excluding carboxylic acids is 1. The van der Waals surface area contributed by atoms with Crippen molar-refractivity contribution in [1.82, 2.24) is 15.6 Å². The summed E-state index contributed by atoms with van der Waals surface area (Å²) in [5.41, 5.74) is 1.12. The molecule has 1 aromatic rings. The van der Waals surface area contributed by atoms with Crippen molar-refractivity contribution in [2.75, 3.05) is 26.8 Å². The van der Waals surface area contributed by atoms with Crippen molar-refractivity contribution in [3.63, 3.8) is 0 Å². The fraction of sp³-hybridized carbons (Fsp3) is 0.500. The molecule has 2 N–H and O–H groups in total. The molecule has 17 heavy (non-hydrogen) atoms. The van der Waals surface area contributed by atoms with E-state index in [1.54, 1.807) is 13.3 Å². The SMILES string of the molecule is COCCNC(=O)CCNCc1cccnc1. The lowest BCUT2D eigenvalue weighted by Gasteiger charge is -2.05. The van der Waals surface area contributed by atoms with E-state index in [4.69, 9.17) is 4.74 Å². The summed E-state index contributed by atoms with van der Waals surface area (Å²) in [7, 11) is 1.61. The molecule has 0 unspecified atom stereocenters. The molecule has 0 atom stereocenters. The minimum Gasteiger partial charge on any atom is -0.383 e. The number of hydrogen-bond acceptors (Lipinski definition) is 4. The smallest absolute Gasteiger partial charge is 0.221 e. The van der Waals surface area contributed by atoms with Crippen LogP contribution in [0.1, 0.15) is 12.0 Å². The Hall–Kier alpha value is -1.46. The first-order valence-electron chi connectivity index (χ1n) is 5.68. The van der Waals surface area contributed by atoms with Crippen LogP contribution in [0, 0.1) is 0 Å².